The number of thiazole rings is 1. The van der Waals surface area contributed by atoms with Gasteiger partial charge < -0.3 is 15.0 Å². The quantitative estimate of drug-likeness (QED) is 0.281. The lowest BCUT2D eigenvalue weighted by Gasteiger charge is -2.17. The average Bonchev–Trinajstić information content (AvgIpc) is 3.53. The first-order chi connectivity index (χ1) is 17.3. The van der Waals surface area contributed by atoms with Crippen LogP contribution in [0.3, 0.4) is 0 Å². The number of hydrogen-bond acceptors (Lipinski definition) is 7. The molecule has 10 heteroatoms. The van der Waals surface area contributed by atoms with Gasteiger partial charge in [0, 0.05) is 24.2 Å². The molecule has 0 aliphatic carbocycles. The molecule has 9 nitrogen and oxygen atoms in total. The highest BCUT2D eigenvalue weighted by atomic mass is 32.1. The summed E-state index contributed by atoms with van der Waals surface area (Å²) in [5, 5.41) is 4.06. The summed E-state index contributed by atoms with van der Waals surface area (Å²) in [6, 6.07) is 13.9. The molecule has 0 spiro atoms. The number of carbonyl (C=O) groups is 2. The topological polar surface area (TPSA) is 116 Å². The SMILES string of the molecule is CCOC(=O)c1ccc2c(c1)sc1nc(-c3cccc(N(C(N)=O)c4cc(CC(C)C)on4)c3)cn12. The third kappa shape index (κ3) is 4.42. The summed E-state index contributed by atoms with van der Waals surface area (Å²) in [6.07, 6.45) is 2.64. The Morgan fingerprint density at radius 2 is 2.03 bits per heavy atom. The van der Waals surface area contributed by atoms with Gasteiger partial charge in [0.2, 0.25) is 0 Å². The van der Waals surface area contributed by atoms with Crippen molar-refractivity contribution < 1.29 is 18.8 Å². The summed E-state index contributed by atoms with van der Waals surface area (Å²) in [6.45, 7) is 6.27. The van der Waals surface area contributed by atoms with Crippen LogP contribution >= 0.6 is 11.3 Å². The Hall–Kier alpha value is -4.18. The highest BCUT2D eigenvalue weighted by Crippen LogP contribution is 2.33. The number of rotatable bonds is 7. The minimum atomic E-state index is -0.661. The Labute approximate surface area is 211 Å². The van der Waals surface area contributed by atoms with E-state index in [2.05, 4.69) is 19.0 Å². The van der Waals surface area contributed by atoms with Crippen LogP contribution in [-0.4, -0.2) is 33.1 Å². The third-order valence-electron chi connectivity index (χ3n) is 5.61. The average molecular weight is 504 g/mol. The summed E-state index contributed by atoms with van der Waals surface area (Å²) in [4.78, 5) is 31.3. The Morgan fingerprint density at radius 1 is 1.19 bits per heavy atom. The molecule has 0 radical (unpaired) electrons. The smallest absolute Gasteiger partial charge is 0.338 e. The van der Waals surface area contributed by atoms with Crippen molar-refractivity contribution in [2.45, 2.75) is 27.2 Å². The van der Waals surface area contributed by atoms with Gasteiger partial charge in [-0.15, -0.1) is 0 Å². The van der Waals surface area contributed by atoms with E-state index in [-0.39, 0.29) is 5.97 Å². The van der Waals surface area contributed by atoms with Gasteiger partial charge >= 0.3 is 12.0 Å². The van der Waals surface area contributed by atoms with E-state index in [0.717, 1.165) is 26.4 Å². The molecule has 2 aromatic carbocycles. The molecule has 2 amide bonds. The lowest BCUT2D eigenvalue weighted by atomic mass is 10.1. The molecule has 0 bridgehead atoms. The number of nitrogens with two attached hydrogens (primary N) is 1. The van der Waals surface area contributed by atoms with E-state index in [0.29, 0.717) is 41.8 Å². The molecule has 0 fully saturated rings. The van der Waals surface area contributed by atoms with Crippen LogP contribution in [0.5, 0.6) is 0 Å². The summed E-state index contributed by atoms with van der Waals surface area (Å²) in [5.41, 5.74) is 9.28. The molecular weight excluding hydrogens is 478 g/mol. The molecule has 5 aromatic rings. The summed E-state index contributed by atoms with van der Waals surface area (Å²) in [7, 11) is 0. The maximum Gasteiger partial charge on any atom is 0.338 e. The van der Waals surface area contributed by atoms with Crippen molar-refractivity contribution >= 4 is 50.0 Å². The van der Waals surface area contributed by atoms with Crippen LogP contribution in [0.25, 0.3) is 26.4 Å². The molecule has 3 heterocycles. The zero-order chi connectivity index (χ0) is 25.4. The molecule has 184 valence electrons. The first kappa shape index (κ1) is 23.6. The number of carbonyl (C=O) groups excluding carboxylic acids is 2. The predicted octanol–water partition coefficient (Wildman–Crippen LogP) is 5.80. The maximum absolute atomic E-state index is 12.4. The van der Waals surface area contributed by atoms with E-state index in [1.165, 1.54) is 16.2 Å². The fourth-order valence-electron chi connectivity index (χ4n) is 4.06. The summed E-state index contributed by atoms with van der Waals surface area (Å²) >= 11 is 1.48. The first-order valence-corrected chi connectivity index (χ1v) is 12.4. The van der Waals surface area contributed by atoms with Crippen LogP contribution in [-0.2, 0) is 11.2 Å². The van der Waals surface area contributed by atoms with E-state index in [9.17, 15) is 9.59 Å². The van der Waals surface area contributed by atoms with Crippen LogP contribution in [0.1, 0.15) is 36.9 Å². The van der Waals surface area contributed by atoms with Crippen LogP contribution in [0.15, 0.2) is 59.3 Å². The monoisotopic (exact) mass is 503 g/mol. The molecule has 0 saturated heterocycles. The van der Waals surface area contributed by atoms with Gasteiger partial charge in [-0.3, -0.25) is 4.40 Å². The van der Waals surface area contributed by atoms with Gasteiger partial charge in [-0.05, 0) is 43.2 Å². The highest BCUT2D eigenvalue weighted by Gasteiger charge is 2.21. The number of primary amides is 1. The Kier molecular flexibility index (Phi) is 6.19. The molecule has 0 atom stereocenters. The zero-order valence-electron chi connectivity index (χ0n) is 20.1. The van der Waals surface area contributed by atoms with Gasteiger partial charge in [0.1, 0.15) is 5.76 Å². The minimum Gasteiger partial charge on any atom is -0.462 e. The number of hydrogen-bond donors (Lipinski definition) is 1. The minimum absolute atomic E-state index is 0.329. The van der Waals surface area contributed by atoms with Gasteiger partial charge in [0.05, 0.1) is 33.8 Å². The maximum atomic E-state index is 12.4. The van der Waals surface area contributed by atoms with E-state index >= 15 is 0 Å². The largest absolute Gasteiger partial charge is 0.462 e. The van der Waals surface area contributed by atoms with Crippen LogP contribution in [0, 0.1) is 5.92 Å². The van der Waals surface area contributed by atoms with Crippen molar-refractivity contribution in [2.24, 2.45) is 11.7 Å². The van der Waals surface area contributed by atoms with Gasteiger partial charge in [0.25, 0.3) is 0 Å². The van der Waals surface area contributed by atoms with Crippen molar-refractivity contribution in [3.05, 3.63) is 66.1 Å². The van der Waals surface area contributed by atoms with Gasteiger partial charge in [-0.1, -0.05) is 42.5 Å². The summed E-state index contributed by atoms with van der Waals surface area (Å²) < 4.78 is 13.4. The molecule has 0 unspecified atom stereocenters. The van der Waals surface area contributed by atoms with Gasteiger partial charge in [-0.25, -0.2) is 19.5 Å². The fraction of sp³-hybridized carbons (Fsp3) is 0.231. The van der Waals surface area contributed by atoms with Gasteiger partial charge in [0.15, 0.2) is 10.8 Å². The number of amides is 2. The second-order valence-electron chi connectivity index (χ2n) is 8.76. The Bertz CT molecular complexity index is 1580. The van der Waals surface area contributed by atoms with Gasteiger partial charge in [-0.2, -0.15) is 0 Å². The number of fused-ring (bicyclic) bond motifs is 3. The fourth-order valence-corrected chi connectivity index (χ4v) is 5.11. The highest BCUT2D eigenvalue weighted by molar-refractivity contribution is 7.23. The van der Waals surface area contributed by atoms with Crippen LogP contribution in [0.4, 0.5) is 16.3 Å². The molecule has 2 N–H and O–H groups in total. The molecule has 0 aliphatic rings. The standard InChI is InChI=1S/C26H25N5O4S/c1-4-34-24(32)17-8-9-21-22(12-17)36-26-28-20(14-30(21)26)16-6-5-7-18(11-16)31(25(27)33)23-13-19(35-29-23)10-15(2)3/h5-9,11-15H,4,10H2,1-3H3,(H2,27,33). The first-order valence-electron chi connectivity index (χ1n) is 11.6. The van der Waals surface area contributed by atoms with E-state index in [1.807, 2.05) is 40.9 Å². The third-order valence-corrected chi connectivity index (χ3v) is 6.63. The zero-order valence-corrected chi connectivity index (χ0v) is 20.9. The molecule has 3 aromatic heterocycles. The van der Waals surface area contributed by atoms with Crippen LogP contribution < -0.4 is 10.6 Å². The number of imidazole rings is 1. The Balaban J connectivity index is 1.48. The second-order valence-corrected chi connectivity index (χ2v) is 9.77. The summed E-state index contributed by atoms with van der Waals surface area (Å²) in [5.74, 6) is 1.07. The number of aromatic nitrogens is 3. The lowest BCUT2D eigenvalue weighted by molar-refractivity contribution is 0.0526. The molecular formula is C26H25N5O4S. The molecule has 36 heavy (non-hydrogen) atoms. The predicted molar refractivity (Wildman–Crippen MR) is 139 cm³/mol. The second kappa shape index (κ2) is 9.46. The number of anilines is 2. The number of esters is 1. The van der Waals surface area contributed by atoms with Crippen molar-refractivity contribution in [1.82, 2.24) is 14.5 Å². The van der Waals surface area contributed by atoms with E-state index in [1.54, 1.807) is 25.1 Å². The molecule has 0 aliphatic heterocycles. The van der Waals surface area contributed by atoms with Crippen LogP contribution in [0.2, 0.25) is 0 Å². The number of ether oxygens (including phenoxy) is 1. The lowest BCUT2D eigenvalue weighted by Crippen LogP contribution is -2.31. The molecule has 5 rings (SSSR count). The number of benzene rings is 2. The van der Waals surface area contributed by atoms with Crippen molar-refractivity contribution in [3.63, 3.8) is 0 Å². The number of nitrogens with zero attached hydrogens (tertiary/aromatic N) is 4. The Morgan fingerprint density at radius 3 is 2.78 bits per heavy atom. The van der Waals surface area contributed by atoms with E-state index in [4.69, 9.17) is 20.0 Å². The number of urea groups is 1. The normalized spacial score (nSPS) is 11.4. The van der Waals surface area contributed by atoms with Crippen molar-refractivity contribution in [3.8, 4) is 11.3 Å². The van der Waals surface area contributed by atoms with Crippen molar-refractivity contribution in [2.75, 3.05) is 11.5 Å². The van der Waals surface area contributed by atoms with Crippen molar-refractivity contribution in [1.29, 1.82) is 0 Å². The van der Waals surface area contributed by atoms with E-state index < -0.39 is 6.03 Å². The molecule has 0 saturated carbocycles.